The number of carbonyl (C=O) groups is 1. The number of hydrogen-bond donors (Lipinski definition) is 0. The monoisotopic (exact) mass is 417 g/mol. The Morgan fingerprint density at radius 3 is 2.63 bits per heavy atom. The van der Waals surface area contributed by atoms with Crippen LogP contribution in [0.3, 0.4) is 0 Å². The van der Waals surface area contributed by atoms with Crippen LogP contribution >= 0.6 is 11.8 Å². The second kappa shape index (κ2) is 9.05. The maximum absolute atomic E-state index is 13.2. The van der Waals surface area contributed by atoms with E-state index in [2.05, 4.69) is 28.9 Å². The summed E-state index contributed by atoms with van der Waals surface area (Å²) < 4.78 is 13.2. The zero-order chi connectivity index (χ0) is 20.9. The predicted octanol–water partition coefficient (Wildman–Crippen LogP) is 5.04. The fraction of sp³-hybridized carbons (Fsp3) is 0.125. The molecule has 1 aliphatic rings. The quantitative estimate of drug-likeness (QED) is 0.320. The molecule has 1 fully saturated rings. The van der Waals surface area contributed by atoms with Gasteiger partial charge in [-0.05, 0) is 34.9 Å². The standard InChI is InChI=1S/C24H20FN3OS/c1-2-14-28-23(29)22(15-17-10-12-20(25)13-11-17)30-24(28)27-26-16-19-8-5-7-18-6-3-4-9-21(18)19/h2-13,16,22H,1,14-15H2. The lowest BCUT2D eigenvalue weighted by atomic mass is 10.1. The van der Waals surface area contributed by atoms with Crippen LogP contribution in [-0.4, -0.2) is 34.0 Å². The first-order valence-corrected chi connectivity index (χ1v) is 10.5. The first kappa shape index (κ1) is 20.0. The summed E-state index contributed by atoms with van der Waals surface area (Å²) in [5.41, 5.74) is 1.87. The third-order valence-electron chi connectivity index (χ3n) is 4.83. The third-order valence-corrected chi connectivity index (χ3v) is 6.00. The van der Waals surface area contributed by atoms with Gasteiger partial charge in [0, 0.05) is 12.1 Å². The summed E-state index contributed by atoms with van der Waals surface area (Å²) in [6.07, 6.45) is 3.88. The number of rotatable bonds is 6. The topological polar surface area (TPSA) is 45.0 Å². The summed E-state index contributed by atoms with van der Waals surface area (Å²) in [4.78, 5) is 14.4. The Bertz CT molecular complexity index is 1140. The van der Waals surface area contributed by atoms with Crippen LogP contribution < -0.4 is 0 Å². The van der Waals surface area contributed by atoms with Crippen molar-refractivity contribution >= 4 is 39.8 Å². The fourth-order valence-electron chi connectivity index (χ4n) is 3.35. The van der Waals surface area contributed by atoms with Crippen LogP contribution in [0.25, 0.3) is 10.8 Å². The number of hydrogen-bond acceptors (Lipinski definition) is 4. The van der Waals surface area contributed by atoms with E-state index in [0.29, 0.717) is 18.1 Å². The van der Waals surface area contributed by atoms with Crippen LogP contribution in [-0.2, 0) is 11.2 Å². The maximum Gasteiger partial charge on any atom is 0.242 e. The first-order chi connectivity index (χ1) is 14.7. The largest absolute Gasteiger partial charge is 0.285 e. The van der Waals surface area contributed by atoms with Gasteiger partial charge >= 0.3 is 0 Å². The van der Waals surface area contributed by atoms with Crippen molar-refractivity contribution < 1.29 is 9.18 Å². The summed E-state index contributed by atoms with van der Waals surface area (Å²) in [5, 5.41) is 11.0. The molecule has 6 heteroatoms. The van der Waals surface area contributed by atoms with E-state index in [4.69, 9.17) is 0 Å². The van der Waals surface area contributed by atoms with E-state index in [1.807, 2.05) is 30.3 Å². The Kier molecular flexibility index (Phi) is 6.05. The van der Waals surface area contributed by atoms with Gasteiger partial charge < -0.3 is 0 Å². The van der Waals surface area contributed by atoms with Crippen molar-refractivity contribution in [3.63, 3.8) is 0 Å². The molecule has 3 aromatic rings. The zero-order valence-corrected chi connectivity index (χ0v) is 17.1. The second-order valence-electron chi connectivity index (χ2n) is 6.87. The maximum atomic E-state index is 13.2. The summed E-state index contributed by atoms with van der Waals surface area (Å²) in [5.74, 6) is -0.328. The number of amidine groups is 1. The van der Waals surface area contributed by atoms with Gasteiger partial charge in [-0.25, -0.2) is 4.39 Å². The molecule has 0 spiro atoms. The number of carbonyl (C=O) groups excluding carboxylic acids is 1. The molecule has 0 aromatic heterocycles. The average molecular weight is 418 g/mol. The van der Waals surface area contributed by atoms with Crippen molar-refractivity contribution in [3.05, 3.63) is 96.3 Å². The highest BCUT2D eigenvalue weighted by Gasteiger charge is 2.37. The van der Waals surface area contributed by atoms with Crippen molar-refractivity contribution in [1.82, 2.24) is 4.90 Å². The number of fused-ring (bicyclic) bond motifs is 1. The molecule has 4 rings (SSSR count). The first-order valence-electron chi connectivity index (χ1n) is 9.58. The summed E-state index contributed by atoms with van der Waals surface area (Å²) >= 11 is 1.38. The molecule has 1 saturated heterocycles. The highest BCUT2D eigenvalue weighted by molar-refractivity contribution is 8.15. The minimum atomic E-state index is -0.318. The van der Waals surface area contributed by atoms with Gasteiger partial charge in [-0.15, -0.1) is 11.7 Å². The number of thioether (sulfide) groups is 1. The molecule has 0 bridgehead atoms. The summed E-state index contributed by atoms with van der Waals surface area (Å²) in [6.45, 7) is 4.10. The highest BCUT2D eigenvalue weighted by atomic mass is 32.2. The van der Waals surface area contributed by atoms with E-state index in [1.165, 1.54) is 23.9 Å². The lowest BCUT2D eigenvalue weighted by molar-refractivity contribution is -0.125. The predicted molar refractivity (Wildman–Crippen MR) is 122 cm³/mol. The molecule has 0 N–H and O–H groups in total. The lowest BCUT2D eigenvalue weighted by Gasteiger charge is -2.12. The average Bonchev–Trinajstić information content (AvgIpc) is 3.05. The van der Waals surface area contributed by atoms with Crippen LogP contribution in [0.15, 0.2) is 89.6 Å². The van der Waals surface area contributed by atoms with Crippen LogP contribution in [0, 0.1) is 5.82 Å². The van der Waals surface area contributed by atoms with E-state index < -0.39 is 0 Å². The van der Waals surface area contributed by atoms with Gasteiger partial charge in [0.05, 0.1) is 11.5 Å². The van der Waals surface area contributed by atoms with E-state index in [9.17, 15) is 9.18 Å². The number of nitrogens with zero attached hydrogens (tertiary/aromatic N) is 3. The van der Waals surface area contributed by atoms with Gasteiger partial charge in [0.1, 0.15) is 5.82 Å². The molecule has 1 unspecified atom stereocenters. The molecule has 1 amide bonds. The van der Waals surface area contributed by atoms with Crippen molar-refractivity contribution in [2.75, 3.05) is 6.54 Å². The molecular formula is C24H20FN3OS. The van der Waals surface area contributed by atoms with Gasteiger partial charge in [0.15, 0.2) is 5.17 Å². The van der Waals surface area contributed by atoms with Gasteiger partial charge in [0.25, 0.3) is 0 Å². The van der Waals surface area contributed by atoms with E-state index in [0.717, 1.165) is 21.9 Å². The molecule has 0 radical (unpaired) electrons. The van der Waals surface area contributed by atoms with Crippen LogP contribution in [0.2, 0.25) is 0 Å². The van der Waals surface area contributed by atoms with Gasteiger partial charge in [-0.3, -0.25) is 9.69 Å². The molecule has 4 nitrogen and oxygen atoms in total. The Balaban J connectivity index is 1.55. The van der Waals surface area contributed by atoms with Crippen LogP contribution in [0.4, 0.5) is 4.39 Å². The summed E-state index contributed by atoms with van der Waals surface area (Å²) in [6, 6.07) is 20.3. The molecule has 3 aromatic carbocycles. The van der Waals surface area contributed by atoms with Crippen molar-refractivity contribution in [2.45, 2.75) is 11.7 Å². The minimum Gasteiger partial charge on any atom is -0.285 e. The molecular weight excluding hydrogens is 397 g/mol. The number of benzene rings is 3. The molecule has 1 heterocycles. The fourth-order valence-corrected chi connectivity index (χ4v) is 4.50. The third kappa shape index (κ3) is 4.33. The van der Waals surface area contributed by atoms with Crippen molar-refractivity contribution in [2.24, 2.45) is 10.2 Å². The van der Waals surface area contributed by atoms with Gasteiger partial charge in [0.2, 0.25) is 5.91 Å². The molecule has 0 aliphatic carbocycles. The minimum absolute atomic E-state index is 0.0386. The molecule has 1 atom stereocenters. The van der Waals surface area contributed by atoms with Gasteiger partial charge in [-0.1, -0.05) is 72.4 Å². The second-order valence-corrected chi connectivity index (χ2v) is 8.04. The molecule has 0 saturated carbocycles. The molecule has 150 valence electrons. The zero-order valence-electron chi connectivity index (χ0n) is 16.2. The van der Waals surface area contributed by atoms with E-state index in [-0.39, 0.29) is 17.0 Å². The summed E-state index contributed by atoms with van der Waals surface area (Å²) in [7, 11) is 0. The van der Waals surface area contributed by atoms with Crippen LogP contribution in [0.5, 0.6) is 0 Å². The number of amides is 1. The Hall–Kier alpha value is -3.25. The highest BCUT2D eigenvalue weighted by Crippen LogP contribution is 2.30. The van der Waals surface area contributed by atoms with Crippen molar-refractivity contribution in [3.8, 4) is 0 Å². The Labute approximate surface area is 178 Å². The Morgan fingerprint density at radius 2 is 1.83 bits per heavy atom. The smallest absolute Gasteiger partial charge is 0.242 e. The molecule has 1 aliphatic heterocycles. The SMILES string of the molecule is C=CCN1C(=O)C(Cc2ccc(F)cc2)SC1=NN=Cc1cccc2ccccc12. The van der Waals surface area contributed by atoms with Crippen LogP contribution in [0.1, 0.15) is 11.1 Å². The lowest BCUT2D eigenvalue weighted by Crippen LogP contribution is -2.32. The van der Waals surface area contributed by atoms with Crippen molar-refractivity contribution in [1.29, 1.82) is 0 Å². The number of halogens is 1. The Morgan fingerprint density at radius 1 is 1.07 bits per heavy atom. The normalized spacial score (nSPS) is 18.0. The van der Waals surface area contributed by atoms with E-state index in [1.54, 1.807) is 29.3 Å². The molecule has 30 heavy (non-hydrogen) atoms. The van der Waals surface area contributed by atoms with E-state index >= 15 is 0 Å². The van der Waals surface area contributed by atoms with Gasteiger partial charge in [-0.2, -0.15) is 5.10 Å².